The summed E-state index contributed by atoms with van der Waals surface area (Å²) in [6, 6.07) is 8.13. The summed E-state index contributed by atoms with van der Waals surface area (Å²) in [5, 5.41) is 2.88. The van der Waals surface area contributed by atoms with E-state index < -0.39 is 0 Å². The zero-order valence-corrected chi connectivity index (χ0v) is 11.5. The molecule has 3 heteroatoms. The van der Waals surface area contributed by atoms with E-state index in [4.69, 9.17) is 5.73 Å². The molecule has 1 aliphatic carbocycles. The van der Waals surface area contributed by atoms with Crippen LogP contribution in [0.25, 0.3) is 0 Å². The van der Waals surface area contributed by atoms with Crippen molar-refractivity contribution in [2.24, 2.45) is 5.73 Å². The van der Waals surface area contributed by atoms with E-state index >= 15 is 0 Å². The van der Waals surface area contributed by atoms with Gasteiger partial charge in [0.2, 0.25) is 0 Å². The van der Waals surface area contributed by atoms with E-state index in [1.807, 2.05) is 12.1 Å². The average Bonchev–Trinajstić information content (AvgIpc) is 2.48. The summed E-state index contributed by atoms with van der Waals surface area (Å²) in [4.78, 5) is 11.9. The number of amides is 1. The molecule has 1 aromatic carbocycles. The molecule has 0 heterocycles. The van der Waals surface area contributed by atoms with Crippen molar-refractivity contribution in [3.05, 3.63) is 35.4 Å². The molecule has 1 amide bonds. The lowest BCUT2D eigenvalue weighted by molar-refractivity contribution is 0.0953. The van der Waals surface area contributed by atoms with Gasteiger partial charge in [0.1, 0.15) is 0 Å². The Kier molecular flexibility index (Phi) is 5.40. The number of carbonyl (C=O) groups excluding carboxylic acids is 1. The van der Waals surface area contributed by atoms with Crippen LogP contribution in [0.1, 0.15) is 60.4 Å². The summed E-state index contributed by atoms with van der Waals surface area (Å²) >= 11 is 0. The molecule has 0 aromatic heterocycles. The normalized spacial score (nSPS) is 16.3. The predicted molar refractivity (Wildman–Crippen MR) is 78.3 cm³/mol. The maximum Gasteiger partial charge on any atom is 0.251 e. The maximum atomic E-state index is 11.9. The van der Waals surface area contributed by atoms with Gasteiger partial charge in [-0.15, -0.1) is 0 Å². The second-order valence-corrected chi connectivity index (χ2v) is 5.36. The summed E-state index contributed by atoms with van der Waals surface area (Å²) in [6.45, 7) is 1.26. The largest absolute Gasteiger partial charge is 0.352 e. The number of hydrogen-bond donors (Lipinski definition) is 2. The van der Waals surface area contributed by atoms with Crippen molar-refractivity contribution in [2.75, 3.05) is 13.1 Å². The van der Waals surface area contributed by atoms with Crippen molar-refractivity contribution in [1.29, 1.82) is 0 Å². The SMILES string of the molecule is NCCCNC(=O)c1ccc(C2CCCCC2)cc1. The van der Waals surface area contributed by atoms with Crippen molar-refractivity contribution in [3.63, 3.8) is 0 Å². The molecule has 1 fully saturated rings. The highest BCUT2D eigenvalue weighted by Crippen LogP contribution is 2.32. The molecule has 0 atom stereocenters. The molecule has 3 N–H and O–H groups in total. The lowest BCUT2D eigenvalue weighted by Gasteiger charge is -2.22. The number of carbonyl (C=O) groups is 1. The van der Waals surface area contributed by atoms with Crippen LogP contribution in [0.5, 0.6) is 0 Å². The fraction of sp³-hybridized carbons (Fsp3) is 0.562. The molecule has 0 radical (unpaired) electrons. The van der Waals surface area contributed by atoms with Crippen LogP contribution in [0.3, 0.4) is 0 Å². The summed E-state index contributed by atoms with van der Waals surface area (Å²) in [5.41, 5.74) is 7.54. The molecule has 1 aromatic rings. The van der Waals surface area contributed by atoms with Crippen molar-refractivity contribution >= 4 is 5.91 Å². The van der Waals surface area contributed by atoms with Crippen LogP contribution >= 0.6 is 0 Å². The number of nitrogens with one attached hydrogen (secondary N) is 1. The van der Waals surface area contributed by atoms with Gasteiger partial charge < -0.3 is 11.1 Å². The van der Waals surface area contributed by atoms with Crippen LogP contribution in [0.2, 0.25) is 0 Å². The molecule has 2 rings (SSSR count). The van der Waals surface area contributed by atoms with Crippen LogP contribution in [0.4, 0.5) is 0 Å². The molecule has 0 bridgehead atoms. The van der Waals surface area contributed by atoms with Gasteiger partial charge in [0, 0.05) is 12.1 Å². The maximum absolute atomic E-state index is 11.9. The zero-order chi connectivity index (χ0) is 13.5. The standard InChI is InChI=1S/C16H24N2O/c17-11-4-12-18-16(19)15-9-7-14(8-10-15)13-5-2-1-3-6-13/h7-10,13H,1-6,11-12,17H2,(H,18,19). The predicted octanol–water partition coefficient (Wildman–Crippen LogP) is 2.81. The Morgan fingerprint density at radius 3 is 2.47 bits per heavy atom. The molecule has 1 aliphatic rings. The Labute approximate surface area is 115 Å². The third-order valence-electron chi connectivity index (χ3n) is 3.92. The Morgan fingerprint density at radius 2 is 1.84 bits per heavy atom. The lowest BCUT2D eigenvalue weighted by Crippen LogP contribution is -2.25. The lowest BCUT2D eigenvalue weighted by atomic mass is 9.84. The molecule has 0 spiro atoms. The number of hydrogen-bond acceptors (Lipinski definition) is 2. The molecular weight excluding hydrogens is 236 g/mol. The Hall–Kier alpha value is -1.35. The zero-order valence-electron chi connectivity index (χ0n) is 11.5. The molecule has 0 unspecified atom stereocenters. The first-order valence-electron chi connectivity index (χ1n) is 7.39. The van der Waals surface area contributed by atoms with E-state index in [0.717, 1.165) is 12.0 Å². The number of rotatable bonds is 5. The van der Waals surface area contributed by atoms with Gasteiger partial charge in [-0.1, -0.05) is 31.4 Å². The Balaban J connectivity index is 1.91. The van der Waals surface area contributed by atoms with E-state index in [1.54, 1.807) is 0 Å². The second-order valence-electron chi connectivity index (χ2n) is 5.36. The molecule has 0 aliphatic heterocycles. The summed E-state index contributed by atoms with van der Waals surface area (Å²) in [5.74, 6) is 0.701. The third-order valence-corrected chi connectivity index (χ3v) is 3.92. The first-order valence-corrected chi connectivity index (χ1v) is 7.39. The molecular formula is C16H24N2O. The topological polar surface area (TPSA) is 55.1 Å². The monoisotopic (exact) mass is 260 g/mol. The van der Waals surface area contributed by atoms with Crippen LogP contribution < -0.4 is 11.1 Å². The highest BCUT2D eigenvalue weighted by Gasteiger charge is 2.15. The smallest absolute Gasteiger partial charge is 0.251 e. The number of nitrogens with two attached hydrogens (primary N) is 1. The first kappa shape index (κ1) is 14.1. The minimum absolute atomic E-state index is 0.00337. The highest BCUT2D eigenvalue weighted by atomic mass is 16.1. The van der Waals surface area contributed by atoms with Crippen LogP contribution in [0.15, 0.2) is 24.3 Å². The minimum Gasteiger partial charge on any atom is -0.352 e. The van der Waals surface area contributed by atoms with Crippen LogP contribution in [-0.2, 0) is 0 Å². The first-order chi connectivity index (χ1) is 9.31. The second kappa shape index (κ2) is 7.29. The van der Waals surface area contributed by atoms with Gasteiger partial charge in [0.25, 0.3) is 5.91 Å². The van der Waals surface area contributed by atoms with E-state index in [9.17, 15) is 4.79 Å². The van der Waals surface area contributed by atoms with Gasteiger partial charge in [-0.05, 0) is 49.4 Å². The average molecular weight is 260 g/mol. The highest BCUT2D eigenvalue weighted by molar-refractivity contribution is 5.94. The summed E-state index contributed by atoms with van der Waals surface area (Å²) < 4.78 is 0. The molecule has 1 saturated carbocycles. The van der Waals surface area contributed by atoms with Crippen molar-refractivity contribution in [1.82, 2.24) is 5.32 Å². The summed E-state index contributed by atoms with van der Waals surface area (Å²) in [7, 11) is 0. The van der Waals surface area contributed by atoms with Gasteiger partial charge in [0.05, 0.1) is 0 Å². The van der Waals surface area contributed by atoms with Gasteiger partial charge >= 0.3 is 0 Å². The molecule has 104 valence electrons. The molecule has 3 nitrogen and oxygen atoms in total. The fourth-order valence-corrected chi connectivity index (χ4v) is 2.75. The van der Waals surface area contributed by atoms with E-state index in [0.29, 0.717) is 19.0 Å². The van der Waals surface area contributed by atoms with E-state index in [1.165, 1.54) is 37.7 Å². The van der Waals surface area contributed by atoms with E-state index in [2.05, 4.69) is 17.4 Å². The quantitative estimate of drug-likeness (QED) is 0.800. The van der Waals surface area contributed by atoms with Gasteiger partial charge in [0.15, 0.2) is 0 Å². The van der Waals surface area contributed by atoms with Crippen molar-refractivity contribution in [2.45, 2.75) is 44.4 Å². The van der Waals surface area contributed by atoms with E-state index in [-0.39, 0.29) is 5.91 Å². The minimum atomic E-state index is 0.00337. The Bertz CT molecular complexity index is 394. The molecule has 19 heavy (non-hydrogen) atoms. The van der Waals surface area contributed by atoms with Crippen molar-refractivity contribution in [3.8, 4) is 0 Å². The third kappa shape index (κ3) is 4.06. The van der Waals surface area contributed by atoms with Crippen molar-refractivity contribution < 1.29 is 4.79 Å². The van der Waals surface area contributed by atoms with Crippen LogP contribution in [0, 0.1) is 0 Å². The van der Waals surface area contributed by atoms with Gasteiger partial charge in [-0.3, -0.25) is 4.79 Å². The fourth-order valence-electron chi connectivity index (χ4n) is 2.75. The number of benzene rings is 1. The van der Waals surface area contributed by atoms with Gasteiger partial charge in [-0.25, -0.2) is 0 Å². The van der Waals surface area contributed by atoms with Crippen LogP contribution in [-0.4, -0.2) is 19.0 Å². The Morgan fingerprint density at radius 1 is 1.16 bits per heavy atom. The van der Waals surface area contributed by atoms with Gasteiger partial charge in [-0.2, -0.15) is 0 Å². The summed E-state index contributed by atoms with van der Waals surface area (Å²) in [6.07, 6.45) is 7.46. The molecule has 0 saturated heterocycles.